The largest absolute Gasteiger partial charge is 0.330 e. The molecule has 19 heavy (non-hydrogen) atoms. The maximum absolute atomic E-state index is 6.22. The van der Waals surface area contributed by atoms with Crippen molar-refractivity contribution in [3.8, 4) is 11.1 Å². The summed E-state index contributed by atoms with van der Waals surface area (Å²) in [4.78, 5) is 0. The van der Waals surface area contributed by atoms with E-state index in [4.69, 9.17) is 11.5 Å². The Morgan fingerprint density at radius 1 is 1.00 bits per heavy atom. The Balaban J connectivity index is 1.89. The van der Waals surface area contributed by atoms with Crippen LogP contribution in [0.2, 0.25) is 0 Å². The van der Waals surface area contributed by atoms with E-state index in [9.17, 15) is 0 Å². The standard InChI is InChI=1S/C17H20N2/c18-9-3-6-17(19)13-7-8-16-14(11-13)10-12-4-1-2-5-15(12)16/h1-2,4-5,7-8,11,17H,3,6,9-10,18-19H2/t17-/m1/s1. The van der Waals surface area contributed by atoms with Crippen molar-refractivity contribution in [3.05, 3.63) is 59.2 Å². The van der Waals surface area contributed by atoms with Crippen molar-refractivity contribution in [2.75, 3.05) is 6.54 Å². The predicted molar refractivity (Wildman–Crippen MR) is 79.9 cm³/mol. The van der Waals surface area contributed by atoms with Gasteiger partial charge in [-0.3, -0.25) is 0 Å². The molecular formula is C17H20N2. The summed E-state index contributed by atoms with van der Waals surface area (Å²) in [6.45, 7) is 0.712. The Labute approximate surface area is 114 Å². The number of rotatable bonds is 4. The van der Waals surface area contributed by atoms with Gasteiger partial charge in [0.1, 0.15) is 0 Å². The van der Waals surface area contributed by atoms with Crippen LogP contribution < -0.4 is 11.5 Å². The molecule has 0 radical (unpaired) electrons. The van der Waals surface area contributed by atoms with Crippen molar-refractivity contribution in [3.63, 3.8) is 0 Å². The molecule has 1 aliphatic carbocycles. The van der Waals surface area contributed by atoms with Gasteiger partial charge in [0, 0.05) is 6.04 Å². The highest BCUT2D eigenvalue weighted by atomic mass is 14.6. The highest BCUT2D eigenvalue weighted by molar-refractivity contribution is 5.76. The average molecular weight is 252 g/mol. The zero-order valence-electron chi connectivity index (χ0n) is 11.1. The maximum Gasteiger partial charge on any atom is 0.0295 e. The van der Waals surface area contributed by atoms with Crippen LogP contribution in [0, 0.1) is 0 Å². The third-order valence-corrected chi connectivity index (χ3v) is 3.97. The van der Waals surface area contributed by atoms with Gasteiger partial charge in [0.15, 0.2) is 0 Å². The lowest BCUT2D eigenvalue weighted by Crippen LogP contribution is -2.12. The number of nitrogens with two attached hydrogens (primary N) is 2. The SMILES string of the molecule is NCCC[C@@H](N)c1ccc2c(c1)Cc1ccccc1-2. The molecule has 0 saturated heterocycles. The van der Waals surface area contributed by atoms with Crippen molar-refractivity contribution >= 4 is 0 Å². The van der Waals surface area contributed by atoms with Gasteiger partial charge < -0.3 is 11.5 Å². The summed E-state index contributed by atoms with van der Waals surface area (Å²) in [6, 6.07) is 15.4. The fourth-order valence-electron chi connectivity index (χ4n) is 2.90. The van der Waals surface area contributed by atoms with Crippen molar-refractivity contribution in [2.45, 2.75) is 25.3 Å². The van der Waals surface area contributed by atoms with E-state index in [2.05, 4.69) is 42.5 Å². The molecule has 0 bridgehead atoms. The van der Waals surface area contributed by atoms with E-state index in [1.54, 1.807) is 0 Å². The topological polar surface area (TPSA) is 52.0 Å². The number of hydrogen-bond donors (Lipinski definition) is 2. The highest BCUT2D eigenvalue weighted by Crippen LogP contribution is 2.37. The number of hydrogen-bond acceptors (Lipinski definition) is 2. The van der Waals surface area contributed by atoms with Crippen molar-refractivity contribution in [2.24, 2.45) is 11.5 Å². The van der Waals surface area contributed by atoms with Gasteiger partial charge in [0.25, 0.3) is 0 Å². The van der Waals surface area contributed by atoms with Crippen LogP contribution in [-0.4, -0.2) is 6.54 Å². The molecule has 1 atom stereocenters. The van der Waals surface area contributed by atoms with E-state index < -0.39 is 0 Å². The fourth-order valence-corrected chi connectivity index (χ4v) is 2.90. The lowest BCUT2D eigenvalue weighted by molar-refractivity contribution is 0.617. The molecule has 2 heteroatoms. The Kier molecular flexibility index (Phi) is 3.36. The molecule has 0 amide bonds. The zero-order chi connectivity index (χ0) is 13.2. The normalized spacial score (nSPS) is 14.0. The van der Waals surface area contributed by atoms with E-state index in [1.165, 1.54) is 27.8 Å². The second-order valence-electron chi connectivity index (χ2n) is 5.29. The van der Waals surface area contributed by atoms with E-state index in [1.807, 2.05) is 0 Å². The van der Waals surface area contributed by atoms with Crippen LogP contribution in [0.1, 0.15) is 35.6 Å². The summed E-state index contributed by atoms with van der Waals surface area (Å²) >= 11 is 0. The second-order valence-corrected chi connectivity index (χ2v) is 5.29. The second kappa shape index (κ2) is 5.16. The molecule has 4 N–H and O–H groups in total. The lowest BCUT2D eigenvalue weighted by Gasteiger charge is -2.13. The van der Waals surface area contributed by atoms with Gasteiger partial charge in [-0.15, -0.1) is 0 Å². The van der Waals surface area contributed by atoms with E-state index >= 15 is 0 Å². The molecule has 0 heterocycles. The van der Waals surface area contributed by atoms with Gasteiger partial charge in [-0.2, -0.15) is 0 Å². The van der Waals surface area contributed by atoms with Gasteiger partial charge in [-0.1, -0.05) is 42.5 Å². The summed E-state index contributed by atoms with van der Waals surface area (Å²) in [5.74, 6) is 0. The Morgan fingerprint density at radius 3 is 2.63 bits per heavy atom. The molecule has 1 aliphatic rings. The molecule has 98 valence electrons. The van der Waals surface area contributed by atoms with Gasteiger partial charge in [0.2, 0.25) is 0 Å². The van der Waals surface area contributed by atoms with Crippen molar-refractivity contribution in [1.29, 1.82) is 0 Å². The monoisotopic (exact) mass is 252 g/mol. The highest BCUT2D eigenvalue weighted by Gasteiger charge is 2.18. The number of fused-ring (bicyclic) bond motifs is 3. The van der Waals surface area contributed by atoms with Crippen LogP contribution in [-0.2, 0) is 6.42 Å². The van der Waals surface area contributed by atoms with Crippen LogP contribution in [0.25, 0.3) is 11.1 Å². The van der Waals surface area contributed by atoms with E-state index in [-0.39, 0.29) is 6.04 Å². The molecule has 2 aromatic rings. The third kappa shape index (κ3) is 2.29. The first kappa shape index (κ1) is 12.4. The van der Waals surface area contributed by atoms with Crippen molar-refractivity contribution in [1.82, 2.24) is 0 Å². The molecule has 0 unspecified atom stereocenters. The summed E-state index contributed by atoms with van der Waals surface area (Å²) in [7, 11) is 0. The van der Waals surface area contributed by atoms with E-state index in [0.29, 0.717) is 6.54 Å². The first-order valence-corrected chi connectivity index (χ1v) is 6.96. The minimum atomic E-state index is 0.109. The molecule has 3 rings (SSSR count). The molecule has 0 spiro atoms. The predicted octanol–water partition coefficient (Wildman–Crippen LogP) is 3.00. The number of benzene rings is 2. The Bertz CT molecular complexity index is 590. The van der Waals surface area contributed by atoms with Crippen LogP contribution in [0.4, 0.5) is 0 Å². The third-order valence-electron chi connectivity index (χ3n) is 3.97. The lowest BCUT2D eigenvalue weighted by atomic mass is 9.97. The first-order chi connectivity index (χ1) is 9.29. The van der Waals surface area contributed by atoms with Crippen LogP contribution in [0.3, 0.4) is 0 Å². The van der Waals surface area contributed by atoms with E-state index in [0.717, 1.165) is 19.3 Å². The van der Waals surface area contributed by atoms with Crippen LogP contribution >= 0.6 is 0 Å². The minimum Gasteiger partial charge on any atom is -0.330 e. The average Bonchev–Trinajstić information content (AvgIpc) is 2.82. The molecule has 0 saturated carbocycles. The van der Waals surface area contributed by atoms with Gasteiger partial charge >= 0.3 is 0 Å². The fraction of sp³-hybridized carbons (Fsp3) is 0.294. The Hall–Kier alpha value is -1.64. The van der Waals surface area contributed by atoms with Gasteiger partial charge in [-0.25, -0.2) is 0 Å². The molecule has 0 aromatic heterocycles. The summed E-state index contributed by atoms with van der Waals surface area (Å²) < 4.78 is 0. The molecular weight excluding hydrogens is 232 g/mol. The van der Waals surface area contributed by atoms with Gasteiger partial charge in [-0.05, 0) is 53.6 Å². The first-order valence-electron chi connectivity index (χ1n) is 6.96. The van der Waals surface area contributed by atoms with Crippen molar-refractivity contribution < 1.29 is 0 Å². The maximum atomic E-state index is 6.22. The van der Waals surface area contributed by atoms with Crippen LogP contribution in [0.15, 0.2) is 42.5 Å². The molecule has 2 nitrogen and oxygen atoms in total. The summed E-state index contributed by atoms with van der Waals surface area (Å²) in [5, 5.41) is 0. The smallest absolute Gasteiger partial charge is 0.0295 e. The molecule has 0 aliphatic heterocycles. The Morgan fingerprint density at radius 2 is 1.79 bits per heavy atom. The molecule has 2 aromatic carbocycles. The summed E-state index contributed by atoms with van der Waals surface area (Å²) in [5.41, 5.74) is 18.6. The summed E-state index contributed by atoms with van der Waals surface area (Å²) in [6.07, 6.45) is 2.98. The van der Waals surface area contributed by atoms with Gasteiger partial charge in [0.05, 0.1) is 0 Å². The quantitative estimate of drug-likeness (QED) is 0.750. The zero-order valence-corrected chi connectivity index (χ0v) is 11.1. The molecule has 0 fully saturated rings. The minimum absolute atomic E-state index is 0.109. The van der Waals surface area contributed by atoms with Crippen LogP contribution in [0.5, 0.6) is 0 Å².